The second-order valence-corrected chi connectivity index (χ2v) is 7.08. The fourth-order valence-corrected chi connectivity index (χ4v) is 3.43. The number of piperazine rings is 1. The third-order valence-corrected chi connectivity index (χ3v) is 5.28. The molecule has 0 radical (unpaired) electrons. The Hall–Kier alpha value is -3.09. The topological polar surface area (TPSA) is 75.9 Å². The van der Waals surface area contributed by atoms with E-state index in [2.05, 4.69) is 36.9 Å². The summed E-state index contributed by atoms with van der Waals surface area (Å²) in [6, 6.07) is 10.8. The van der Waals surface area contributed by atoms with Gasteiger partial charge >= 0.3 is 0 Å². The lowest BCUT2D eigenvalue weighted by Crippen LogP contribution is -2.50. The van der Waals surface area contributed by atoms with Crippen LogP contribution in [-0.4, -0.2) is 48.5 Å². The van der Waals surface area contributed by atoms with E-state index in [4.69, 9.17) is 4.74 Å². The van der Waals surface area contributed by atoms with E-state index in [1.165, 1.54) is 28.9 Å². The average Bonchev–Trinajstić information content (AvgIpc) is 2.68. The number of nitro groups is 1. The minimum atomic E-state index is -0.431. The molecule has 0 spiro atoms. The molecule has 1 amide bonds. The number of anilines is 1. The van der Waals surface area contributed by atoms with E-state index in [-0.39, 0.29) is 18.2 Å². The van der Waals surface area contributed by atoms with Crippen molar-refractivity contribution in [3.63, 3.8) is 0 Å². The van der Waals surface area contributed by atoms with E-state index in [0.29, 0.717) is 24.4 Å². The minimum absolute atomic E-state index is 0.0428. The monoisotopic (exact) mass is 383 g/mol. The van der Waals surface area contributed by atoms with Crippen LogP contribution in [0.5, 0.6) is 5.75 Å². The van der Waals surface area contributed by atoms with Gasteiger partial charge in [0.15, 0.2) is 6.61 Å². The first kappa shape index (κ1) is 19.7. The number of amides is 1. The van der Waals surface area contributed by atoms with E-state index in [1.54, 1.807) is 17.9 Å². The van der Waals surface area contributed by atoms with Crippen molar-refractivity contribution >= 4 is 17.3 Å². The summed E-state index contributed by atoms with van der Waals surface area (Å²) in [5, 5.41) is 10.9. The van der Waals surface area contributed by atoms with Crippen LogP contribution in [0.15, 0.2) is 36.4 Å². The van der Waals surface area contributed by atoms with Gasteiger partial charge < -0.3 is 14.5 Å². The first-order chi connectivity index (χ1) is 13.4. The highest BCUT2D eigenvalue weighted by Gasteiger charge is 2.22. The van der Waals surface area contributed by atoms with Crippen LogP contribution in [-0.2, 0) is 4.79 Å². The molecule has 0 N–H and O–H groups in total. The number of nitro benzene ring substituents is 1. The maximum Gasteiger partial charge on any atom is 0.272 e. The molecule has 0 unspecified atom stereocenters. The van der Waals surface area contributed by atoms with Crippen LogP contribution in [0.25, 0.3) is 0 Å². The summed E-state index contributed by atoms with van der Waals surface area (Å²) in [5.74, 6) is 0.391. The molecule has 2 aromatic rings. The Labute approximate surface area is 164 Å². The maximum atomic E-state index is 12.5. The molecule has 7 heteroatoms. The summed E-state index contributed by atoms with van der Waals surface area (Å²) in [7, 11) is 0. The van der Waals surface area contributed by atoms with E-state index >= 15 is 0 Å². The summed E-state index contributed by atoms with van der Waals surface area (Å²) < 4.78 is 5.56. The van der Waals surface area contributed by atoms with Gasteiger partial charge in [-0.1, -0.05) is 12.1 Å². The zero-order valence-electron chi connectivity index (χ0n) is 16.5. The lowest BCUT2D eigenvalue weighted by Gasteiger charge is -2.37. The molecule has 0 aliphatic carbocycles. The second-order valence-electron chi connectivity index (χ2n) is 7.08. The van der Waals surface area contributed by atoms with Crippen molar-refractivity contribution in [3.05, 3.63) is 63.2 Å². The smallest absolute Gasteiger partial charge is 0.272 e. The summed E-state index contributed by atoms with van der Waals surface area (Å²) in [4.78, 5) is 27.0. The molecule has 28 heavy (non-hydrogen) atoms. The number of carbonyl (C=O) groups excluding carboxylic acids is 1. The lowest BCUT2D eigenvalue weighted by atomic mass is 10.1. The zero-order chi connectivity index (χ0) is 20.3. The zero-order valence-corrected chi connectivity index (χ0v) is 16.5. The van der Waals surface area contributed by atoms with Crippen molar-refractivity contribution < 1.29 is 14.5 Å². The standard InChI is InChI=1S/C21H25N3O4/c1-15-5-4-6-20(17(15)3)22-9-11-23(12-10-22)21(25)14-28-18-7-8-19(24(26)27)16(2)13-18/h4-8,13H,9-12,14H2,1-3H3. The molecule has 2 aromatic carbocycles. The number of ether oxygens (including phenoxy) is 1. The number of rotatable bonds is 5. The SMILES string of the molecule is Cc1cc(OCC(=O)N2CCN(c3cccc(C)c3C)CC2)ccc1[N+](=O)[O-]. The highest BCUT2D eigenvalue weighted by Crippen LogP contribution is 2.25. The molecule has 3 rings (SSSR count). The van der Waals surface area contributed by atoms with Crippen LogP contribution in [0.1, 0.15) is 16.7 Å². The molecule has 7 nitrogen and oxygen atoms in total. The Morgan fingerprint density at radius 1 is 1.07 bits per heavy atom. The maximum absolute atomic E-state index is 12.5. The van der Waals surface area contributed by atoms with Crippen molar-refractivity contribution in [2.45, 2.75) is 20.8 Å². The number of benzene rings is 2. The molecule has 1 heterocycles. The fourth-order valence-electron chi connectivity index (χ4n) is 3.43. The molecule has 1 saturated heterocycles. The van der Waals surface area contributed by atoms with Gasteiger partial charge in [0, 0.05) is 43.5 Å². The predicted molar refractivity (Wildman–Crippen MR) is 108 cm³/mol. The van der Waals surface area contributed by atoms with Crippen LogP contribution in [0.3, 0.4) is 0 Å². The molecular formula is C21H25N3O4. The predicted octanol–water partition coefficient (Wildman–Crippen LogP) is 3.25. The summed E-state index contributed by atoms with van der Waals surface area (Å²) in [6.07, 6.45) is 0. The average molecular weight is 383 g/mol. The van der Waals surface area contributed by atoms with Gasteiger partial charge in [-0.3, -0.25) is 14.9 Å². The molecule has 1 fully saturated rings. The molecule has 1 aliphatic rings. The van der Waals surface area contributed by atoms with Gasteiger partial charge in [-0.25, -0.2) is 0 Å². The highest BCUT2D eigenvalue weighted by molar-refractivity contribution is 5.78. The number of hydrogen-bond donors (Lipinski definition) is 0. The van der Waals surface area contributed by atoms with Crippen LogP contribution in [0.2, 0.25) is 0 Å². The van der Waals surface area contributed by atoms with Gasteiger partial charge in [-0.2, -0.15) is 0 Å². The van der Waals surface area contributed by atoms with Crippen LogP contribution >= 0.6 is 0 Å². The second kappa shape index (κ2) is 8.29. The highest BCUT2D eigenvalue weighted by atomic mass is 16.6. The van der Waals surface area contributed by atoms with E-state index in [9.17, 15) is 14.9 Å². The molecule has 0 atom stereocenters. The first-order valence-corrected chi connectivity index (χ1v) is 9.33. The van der Waals surface area contributed by atoms with Crippen molar-refractivity contribution in [1.82, 2.24) is 4.90 Å². The number of aryl methyl sites for hydroxylation is 2. The Bertz CT molecular complexity index is 889. The van der Waals surface area contributed by atoms with Crippen LogP contribution in [0, 0.1) is 30.9 Å². The molecule has 148 valence electrons. The molecule has 0 bridgehead atoms. The molecular weight excluding hydrogens is 358 g/mol. The van der Waals surface area contributed by atoms with Gasteiger partial charge in [0.1, 0.15) is 5.75 Å². The normalized spacial score (nSPS) is 14.1. The Morgan fingerprint density at radius 2 is 1.79 bits per heavy atom. The largest absolute Gasteiger partial charge is 0.484 e. The van der Waals surface area contributed by atoms with Gasteiger partial charge in [0.2, 0.25) is 0 Å². The number of nitrogens with zero attached hydrogens (tertiary/aromatic N) is 3. The Morgan fingerprint density at radius 3 is 2.43 bits per heavy atom. The van der Waals surface area contributed by atoms with Gasteiger partial charge in [-0.05, 0) is 50.1 Å². The number of hydrogen-bond acceptors (Lipinski definition) is 5. The van der Waals surface area contributed by atoms with Crippen molar-refractivity contribution in [2.75, 3.05) is 37.7 Å². The van der Waals surface area contributed by atoms with Crippen LogP contribution in [0.4, 0.5) is 11.4 Å². The summed E-state index contributed by atoms with van der Waals surface area (Å²) in [5.41, 5.74) is 4.32. The van der Waals surface area contributed by atoms with E-state index in [1.807, 2.05) is 0 Å². The minimum Gasteiger partial charge on any atom is -0.484 e. The van der Waals surface area contributed by atoms with Gasteiger partial charge in [-0.15, -0.1) is 0 Å². The Kier molecular flexibility index (Phi) is 5.82. The molecule has 0 aromatic heterocycles. The van der Waals surface area contributed by atoms with Crippen molar-refractivity contribution in [1.29, 1.82) is 0 Å². The lowest BCUT2D eigenvalue weighted by molar-refractivity contribution is -0.385. The van der Waals surface area contributed by atoms with Gasteiger partial charge in [0.05, 0.1) is 4.92 Å². The number of carbonyl (C=O) groups is 1. The third kappa shape index (κ3) is 4.24. The van der Waals surface area contributed by atoms with Crippen LogP contribution < -0.4 is 9.64 Å². The summed E-state index contributed by atoms with van der Waals surface area (Å²) in [6.45, 7) is 8.68. The first-order valence-electron chi connectivity index (χ1n) is 9.33. The van der Waals surface area contributed by atoms with Crippen molar-refractivity contribution in [3.8, 4) is 5.75 Å². The van der Waals surface area contributed by atoms with Gasteiger partial charge in [0.25, 0.3) is 11.6 Å². The quantitative estimate of drug-likeness (QED) is 0.585. The Balaban J connectivity index is 1.53. The molecule has 1 aliphatic heterocycles. The van der Waals surface area contributed by atoms with E-state index in [0.717, 1.165) is 13.1 Å². The van der Waals surface area contributed by atoms with E-state index < -0.39 is 4.92 Å². The fraction of sp³-hybridized carbons (Fsp3) is 0.381. The van der Waals surface area contributed by atoms with Crippen molar-refractivity contribution in [2.24, 2.45) is 0 Å². The third-order valence-electron chi connectivity index (χ3n) is 5.28. The summed E-state index contributed by atoms with van der Waals surface area (Å²) >= 11 is 0. The molecule has 0 saturated carbocycles.